The summed E-state index contributed by atoms with van der Waals surface area (Å²) in [5.41, 5.74) is 0. The highest BCUT2D eigenvalue weighted by molar-refractivity contribution is 5.69. The van der Waals surface area contributed by atoms with Crippen molar-refractivity contribution in [3.8, 4) is 0 Å². The minimum atomic E-state index is 0.0497. The summed E-state index contributed by atoms with van der Waals surface area (Å²) in [5, 5.41) is 0. The van der Waals surface area contributed by atoms with E-state index in [-0.39, 0.29) is 5.97 Å². The number of ether oxygens (including phenoxy) is 1. The summed E-state index contributed by atoms with van der Waals surface area (Å²) >= 11 is 0. The Kier molecular flexibility index (Phi) is 13.1. The Morgan fingerprint density at radius 3 is 1.97 bits per heavy atom. The number of carbonyl (C=O) groups excluding carboxylic acids is 1. The smallest absolute Gasteiger partial charge is 0.305 e. The normalized spacial score (nSPS) is 26.3. The van der Waals surface area contributed by atoms with E-state index in [1.807, 2.05) is 0 Å². The molecule has 0 radical (unpaired) electrons. The van der Waals surface area contributed by atoms with Crippen LogP contribution in [0.2, 0.25) is 0 Å². The second-order valence-corrected chi connectivity index (χ2v) is 10.6. The average molecular weight is 423 g/mol. The first-order chi connectivity index (χ1) is 14.7. The molecule has 0 aromatic heterocycles. The van der Waals surface area contributed by atoms with Crippen LogP contribution in [-0.4, -0.2) is 43.2 Å². The predicted octanol–water partition coefficient (Wildman–Crippen LogP) is 7.42. The van der Waals surface area contributed by atoms with Crippen molar-refractivity contribution in [1.29, 1.82) is 0 Å². The molecule has 1 unspecified atom stereocenters. The van der Waals surface area contributed by atoms with Gasteiger partial charge in [-0.2, -0.15) is 0 Å². The summed E-state index contributed by atoms with van der Waals surface area (Å²) < 4.78 is 6.97. The van der Waals surface area contributed by atoms with E-state index < -0.39 is 0 Å². The fraction of sp³-hybridized carbons (Fsp3) is 0.963. The molecule has 2 aliphatic heterocycles. The highest BCUT2D eigenvalue weighted by atomic mass is 16.5. The first-order valence-electron chi connectivity index (χ1n) is 13.7. The van der Waals surface area contributed by atoms with Crippen molar-refractivity contribution in [2.75, 3.05) is 26.7 Å². The van der Waals surface area contributed by atoms with Gasteiger partial charge < -0.3 is 9.22 Å². The van der Waals surface area contributed by atoms with Crippen LogP contribution in [0.1, 0.15) is 129 Å². The largest absolute Gasteiger partial charge is 0.465 e. The fourth-order valence-corrected chi connectivity index (χ4v) is 5.99. The molecule has 0 saturated carbocycles. The summed E-state index contributed by atoms with van der Waals surface area (Å²) in [6.45, 7) is 5.61. The van der Waals surface area contributed by atoms with Crippen molar-refractivity contribution in [2.24, 2.45) is 5.92 Å². The Labute approximate surface area is 187 Å². The predicted molar refractivity (Wildman–Crippen MR) is 128 cm³/mol. The minimum absolute atomic E-state index is 0.0497. The lowest BCUT2D eigenvalue weighted by atomic mass is 9.82. The highest BCUT2D eigenvalue weighted by Crippen LogP contribution is 2.36. The van der Waals surface area contributed by atoms with Crippen molar-refractivity contribution < 1.29 is 14.0 Å². The molecule has 0 N–H and O–H groups in total. The Morgan fingerprint density at radius 1 is 0.767 bits per heavy atom. The number of hydrogen-bond acceptors (Lipinski definition) is 2. The Morgan fingerprint density at radius 2 is 1.33 bits per heavy atom. The van der Waals surface area contributed by atoms with E-state index in [4.69, 9.17) is 4.74 Å². The molecular weight excluding hydrogens is 370 g/mol. The maximum atomic E-state index is 12.2. The van der Waals surface area contributed by atoms with Gasteiger partial charge in [-0.25, -0.2) is 0 Å². The molecule has 2 rings (SSSR count). The van der Waals surface area contributed by atoms with E-state index in [1.165, 1.54) is 127 Å². The van der Waals surface area contributed by atoms with Crippen molar-refractivity contribution in [3.05, 3.63) is 0 Å². The molecule has 176 valence electrons. The van der Waals surface area contributed by atoms with Crippen LogP contribution in [0.5, 0.6) is 0 Å². The van der Waals surface area contributed by atoms with Gasteiger partial charge in [-0.15, -0.1) is 0 Å². The molecule has 0 bridgehead atoms. The van der Waals surface area contributed by atoms with Gasteiger partial charge >= 0.3 is 5.97 Å². The number of nitrogens with zero attached hydrogens (tertiary/aromatic N) is 1. The van der Waals surface area contributed by atoms with Crippen molar-refractivity contribution in [3.63, 3.8) is 0 Å². The van der Waals surface area contributed by atoms with Gasteiger partial charge in [-0.1, -0.05) is 84.0 Å². The zero-order valence-corrected chi connectivity index (χ0v) is 20.5. The standard InChI is InChI=1S/C27H52NO2/c1-3-4-5-6-7-8-9-10-11-12-13-14-15-21-27(29)30-24-25-19-18-23-28(2)22-17-16-20-26(25)28/h25-26H,3-24H2,1-2H3/q+1/t25-,26-,28?/m1/s1. The number of esters is 1. The van der Waals surface area contributed by atoms with Crippen molar-refractivity contribution in [1.82, 2.24) is 0 Å². The van der Waals surface area contributed by atoms with Crippen LogP contribution in [-0.2, 0) is 9.53 Å². The van der Waals surface area contributed by atoms with Crippen LogP contribution >= 0.6 is 0 Å². The van der Waals surface area contributed by atoms with Gasteiger partial charge in [0.25, 0.3) is 0 Å². The number of rotatable bonds is 16. The summed E-state index contributed by atoms with van der Waals surface area (Å²) in [6.07, 6.45) is 24.7. The lowest BCUT2D eigenvalue weighted by molar-refractivity contribution is -0.947. The molecule has 3 heteroatoms. The van der Waals surface area contributed by atoms with Crippen LogP contribution in [0.3, 0.4) is 0 Å². The van der Waals surface area contributed by atoms with Gasteiger partial charge in [-0.3, -0.25) is 4.79 Å². The van der Waals surface area contributed by atoms with Gasteiger partial charge in [0.1, 0.15) is 0 Å². The number of unbranched alkanes of at least 4 members (excludes halogenated alkanes) is 12. The zero-order valence-electron chi connectivity index (χ0n) is 20.5. The summed E-state index contributed by atoms with van der Waals surface area (Å²) in [6, 6.07) is 0.733. The van der Waals surface area contributed by atoms with Crippen LogP contribution in [0.25, 0.3) is 0 Å². The molecule has 2 saturated heterocycles. The Balaban J connectivity index is 1.41. The molecular formula is C27H52NO2+. The lowest BCUT2D eigenvalue weighted by Gasteiger charge is -2.51. The van der Waals surface area contributed by atoms with Crippen molar-refractivity contribution in [2.45, 2.75) is 135 Å². The number of hydrogen-bond donors (Lipinski definition) is 0. The summed E-state index contributed by atoms with van der Waals surface area (Å²) in [4.78, 5) is 12.2. The van der Waals surface area contributed by atoms with E-state index in [0.29, 0.717) is 18.9 Å². The van der Waals surface area contributed by atoms with Gasteiger partial charge in [0.15, 0.2) is 0 Å². The number of quaternary nitrogens is 1. The maximum Gasteiger partial charge on any atom is 0.305 e. The minimum Gasteiger partial charge on any atom is -0.465 e. The molecule has 0 amide bonds. The molecule has 0 spiro atoms. The number of piperidine rings is 2. The zero-order chi connectivity index (χ0) is 21.5. The summed E-state index contributed by atoms with van der Waals surface area (Å²) in [5.74, 6) is 0.647. The molecule has 0 aromatic carbocycles. The Bertz CT molecular complexity index is 448. The van der Waals surface area contributed by atoms with E-state index in [0.717, 1.165) is 12.5 Å². The third-order valence-electron chi connectivity index (χ3n) is 7.95. The van der Waals surface area contributed by atoms with Crippen LogP contribution in [0.15, 0.2) is 0 Å². The SMILES string of the molecule is CCCCCCCCCCCCCCCC(=O)OC[C@H]1CCC[N+]2(C)CCCC[C@H]12. The molecule has 3 nitrogen and oxygen atoms in total. The van der Waals surface area contributed by atoms with Gasteiger partial charge in [0.05, 0.1) is 32.8 Å². The molecule has 0 aromatic rings. The van der Waals surface area contributed by atoms with Gasteiger partial charge in [-0.05, 0) is 32.1 Å². The van der Waals surface area contributed by atoms with Crippen molar-refractivity contribution >= 4 is 5.97 Å². The molecule has 3 atom stereocenters. The van der Waals surface area contributed by atoms with E-state index >= 15 is 0 Å². The van der Waals surface area contributed by atoms with Gasteiger partial charge in [0, 0.05) is 18.8 Å². The highest BCUT2D eigenvalue weighted by Gasteiger charge is 2.43. The second-order valence-electron chi connectivity index (χ2n) is 10.6. The molecule has 0 aliphatic carbocycles. The molecule has 30 heavy (non-hydrogen) atoms. The monoisotopic (exact) mass is 422 g/mol. The average Bonchev–Trinajstić information content (AvgIpc) is 2.75. The first kappa shape index (κ1) is 25.7. The Hall–Kier alpha value is -0.570. The first-order valence-corrected chi connectivity index (χ1v) is 13.7. The van der Waals surface area contributed by atoms with E-state index in [1.54, 1.807) is 0 Å². The molecule has 2 aliphatic rings. The quantitative estimate of drug-likeness (QED) is 0.147. The lowest BCUT2D eigenvalue weighted by Crippen LogP contribution is -2.61. The summed E-state index contributed by atoms with van der Waals surface area (Å²) in [7, 11) is 2.44. The molecule has 2 fully saturated rings. The van der Waals surface area contributed by atoms with Crippen LogP contribution in [0, 0.1) is 5.92 Å². The molecule has 2 heterocycles. The maximum absolute atomic E-state index is 12.2. The second kappa shape index (κ2) is 15.3. The fourth-order valence-electron chi connectivity index (χ4n) is 5.99. The topological polar surface area (TPSA) is 26.3 Å². The third kappa shape index (κ3) is 9.71. The third-order valence-corrected chi connectivity index (χ3v) is 7.95. The number of fused-ring (bicyclic) bond motifs is 1. The van der Waals surface area contributed by atoms with Crippen LogP contribution < -0.4 is 0 Å². The van der Waals surface area contributed by atoms with Gasteiger partial charge in [0.2, 0.25) is 0 Å². The van der Waals surface area contributed by atoms with E-state index in [9.17, 15) is 4.79 Å². The van der Waals surface area contributed by atoms with Crippen LogP contribution in [0.4, 0.5) is 0 Å². The number of carbonyl (C=O) groups is 1. The van der Waals surface area contributed by atoms with E-state index in [2.05, 4.69) is 14.0 Å².